The molecule has 2 aliphatic heterocycles. The first-order valence-electron chi connectivity index (χ1n) is 9.81. The van der Waals surface area contributed by atoms with E-state index in [9.17, 15) is 9.59 Å². The van der Waals surface area contributed by atoms with Crippen molar-refractivity contribution in [1.82, 2.24) is 4.90 Å². The summed E-state index contributed by atoms with van der Waals surface area (Å²) in [6.45, 7) is 10.6. The maximum absolute atomic E-state index is 12.7. The van der Waals surface area contributed by atoms with Gasteiger partial charge < -0.3 is 9.47 Å². The molecule has 0 aromatic rings. The Morgan fingerprint density at radius 3 is 2.62 bits per heavy atom. The summed E-state index contributed by atoms with van der Waals surface area (Å²) in [5.41, 5.74) is 1.66. The van der Waals surface area contributed by atoms with Gasteiger partial charge in [-0.3, -0.25) is 14.5 Å². The van der Waals surface area contributed by atoms with Crippen molar-refractivity contribution in [2.75, 3.05) is 19.6 Å². The first-order chi connectivity index (χ1) is 12.3. The van der Waals surface area contributed by atoms with Crippen LogP contribution in [0.25, 0.3) is 0 Å². The van der Waals surface area contributed by atoms with Crippen LogP contribution in [-0.4, -0.2) is 54.6 Å². The second kappa shape index (κ2) is 6.31. The number of hydrogen-bond acceptors (Lipinski definition) is 5. The number of fused-ring (bicyclic) bond motifs is 3. The molecule has 0 spiro atoms. The summed E-state index contributed by atoms with van der Waals surface area (Å²) in [6.07, 6.45) is 5.76. The first kappa shape index (κ1) is 17.9. The molecule has 4 aliphatic rings. The van der Waals surface area contributed by atoms with Gasteiger partial charge in [0.25, 0.3) is 0 Å². The molecule has 5 heteroatoms. The second-order valence-electron chi connectivity index (χ2n) is 8.80. The lowest BCUT2D eigenvalue weighted by Crippen LogP contribution is -2.49. The number of nitrogens with zero attached hydrogens (tertiary/aromatic N) is 1. The quantitative estimate of drug-likeness (QED) is 0.709. The lowest BCUT2D eigenvalue weighted by molar-refractivity contribution is -0.145. The fourth-order valence-corrected chi connectivity index (χ4v) is 5.49. The average Bonchev–Trinajstić information content (AvgIpc) is 2.86. The van der Waals surface area contributed by atoms with Gasteiger partial charge in [0.05, 0.1) is 18.1 Å². The molecule has 142 valence electrons. The van der Waals surface area contributed by atoms with E-state index in [1.165, 1.54) is 0 Å². The summed E-state index contributed by atoms with van der Waals surface area (Å²) in [4.78, 5) is 27.3. The van der Waals surface area contributed by atoms with E-state index in [4.69, 9.17) is 9.47 Å². The zero-order valence-corrected chi connectivity index (χ0v) is 16.2. The molecule has 2 aliphatic carbocycles. The van der Waals surface area contributed by atoms with Crippen LogP contribution >= 0.6 is 0 Å². The maximum Gasteiger partial charge on any atom is 0.311 e. The fourth-order valence-electron chi connectivity index (χ4n) is 5.49. The third-order valence-electron chi connectivity index (χ3n) is 6.67. The molecule has 3 fully saturated rings. The summed E-state index contributed by atoms with van der Waals surface area (Å²) in [6, 6.07) is 0. The molecule has 0 radical (unpaired) electrons. The van der Waals surface area contributed by atoms with E-state index >= 15 is 0 Å². The molecule has 0 N–H and O–H groups in total. The Morgan fingerprint density at radius 2 is 1.92 bits per heavy atom. The van der Waals surface area contributed by atoms with Gasteiger partial charge in [0.2, 0.25) is 0 Å². The fraction of sp³-hybridized carbons (Fsp3) is 0.714. The Bertz CT molecular complexity index is 686. The van der Waals surface area contributed by atoms with E-state index < -0.39 is 0 Å². The number of carbonyl (C=O) groups excluding carboxylic acids is 2. The largest absolute Gasteiger partial charge is 0.457 e. The summed E-state index contributed by atoms with van der Waals surface area (Å²) in [5, 5.41) is 0. The van der Waals surface area contributed by atoms with Crippen molar-refractivity contribution in [3.8, 4) is 0 Å². The summed E-state index contributed by atoms with van der Waals surface area (Å²) >= 11 is 0. The van der Waals surface area contributed by atoms with Gasteiger partial charge in [0.1, 0.15) is 6.10 Å². The van der Waals surface area contributed by atoms with Crippen molar-refractivity contribution >= 4 is 11.8 Å². The number of hydrogen-bond donors (Lipinski definition) is 0. The Balaban J connectivity index is 1.57. The van der Waals surface area contributed by atoms with Crippen molar-refractivity contribution in [1.29, 1.82) is 0 Å². The molecule has 5 nitrogen and oxygen atoms in total. The molecule has 26 heavy (non-hydrogen) atoms. The van der Waals surface area contributed by atoms with E-state index in [0.717, 1.165) is 43.6 Å². The van der Waals surface area contributed by atoms with Crippen molar-refractivity contribution in [2.24, 2.45) is 17.3 Å². The van der Waals surface area contributed by atoms with E-state index in [1.54, 1.807) is 6.08 Å². The monoisotopic (exact) mass is 359 g/mol. The third-order valence-corrected chi connectivity index (χ3v) is 6.67. The summed E-state index contributed by atoms with van der Waals surface area (Å²) < 4.78 is 11.7. The van der Waals surface area contributed by atoms with E-state index in [-0.39, 0.29) is 47.3 Å². The van der Waals surface area contributed by atoms with Crippen LogP contribution in [-0.2, 0) is 19.1 Å². The highest BCUT2D eigenvalue weighted by Gasteiger charge is 2.54. The van der Waals surface area contributed by atoms with Crippen LogP contribution in [0.5, 0.6) is 0 Å². The normalized spacial score (nSPS) is 43.3. The highest BCUT2D eigenvalue weighted by Crippen LogP contribution is 2.53. The molecule has 2 heterocycles. The van der Waals surface area contributed by atoms with Gasteiger partial charge in [0, 0.05) is 36.5 Å². The molecule has 0 aromatic carbocycles. The smallest absolute Gasteiger partial charge is 0.311 e. The number of allylic oxidation sites excluding steroid dienone is 3. The number of ketones is 1. The van der Waals surface area contributed by atoms with Gasteiger partial charge >= 0.3 is 5.97 Å². The molecule has 1 saturated carbocycles. The van der Waals surface area contributed by atoms with Gasteiger partial charge in [-0.2, -0.15) is 0 Å². The number of carbonyl (C=O) groups is 2. The van der Waals surface area contributed by atoms with Crippen molar-refractivity contribution < 1.29 is 19.1 Å². The standard InChI is InChI=1S/C21H29NO4/c1-12-9-22(10-13(2)25-12)11-16-15-5-7-21(4)8-6-17(23)14(3)18(21)19(15)26-20(16)24/h6,8,12-13,15-16,19H,5,7,9-11H2,1-4H3/t12-,13-,15-,16+,19+,21+/m0/s1. The van der Waals surface area contributed by atoms with Crippen molar-refractivity contribution in [3.63, 3.8) is 0 Å². The molecular weight excluding hydrogens is 330 g/mol. The average molecular weight is 359 g/mol. The predicted octanol–water partition coefficient (Wildman–Crippen LogP) is 2.51. The maximum atomic E-state index is 12.7. The zero-order valence-electron chi connectivity index (χ0n) is 16.2. The van der Waals surface area contributed by atoms with Crippen LogP contribution in [0.2, 0.25) is 0 Å². The van der Waals surface area contributed by atoms with Gasteiger partial charge in [-0.05, 0) is 45.3 Å². The molecule has 0 amide bonds. The first-order valence-corrected chi connectivity index (χ1v) is 9.81. The Labute approximate surface area is 155 Å². The topological polar surface area (TPSA) is 55.8 Å². The van der Waals surface area contributed by atoms with Crippen LogP contribution in [0.4, 0.5) is 0 Å². The zero-order chi connectivity index (χ0) is 18.6. The predicted molar refractivity (Wildman–Crippen MR) is 97.5 cm³/mol. The van der Waals surface area contributed by atoms with Crippen LogP contribution in [0.15, 0.2) is 23.3 Å². The molecular formula is C21H29NO4. The van der Waals surface area contributed by atoms with Crippen LogP contribution in [0.1, 0.15) is 40.5 Å². The number of ether oxygens (including phenoxy) is 2. The van der Waals surface area contributed by atoms with Crippen LogP contribution in [0.3, 0.4) is 0 Å². The van der Waals surface area contributed by atoms with Gasteiger partial charge in [-0.25, -0.2) is 0 Å². The van der Waals surface area contributed by atoms with E-state index in [1.807, 2.05) is 13.0 Å². The van der Waals surface area contributed by atoms with Gasteiger partial charge in [-0.1, -0.05) is 13.0 Å². The SMILES string of the molecule is CC1=C2[C@@H]3OC(=O)[C@H](CN4C[C@H](C)O[C@@H](C)C4)[C@@H]3CC[C@]2(C)C=CC1=O. The Kier molecular flexibility index (Phi) is 4.35. The minimum Gasteiger partial charge on any atom is -0.457 e. The third kappa shape index (κ3) is 2.85. The summed E-state index contributed by atoms with van der Waals surface area (Å²) in [7, 11) is 0. The molecule has 0 bridgehead atoms. The Morgan fingerprint density at radius 1 is 1.23 bits per heavy atom. The van der Waals surface area contributed by atoms with Crippen molar-refractivity contribution in [3.05, 3.63) is 23.3 Å². The van der Waals surface area contributed by atoms with Crippen molar-refractivity contribution in [2.45, 2.75) is 58.8 Å². The van der Waals surface area contributed by atoms with Crippen LogP contribution in [0, 0.1) is 17.3 Å². The number of esters is 1. The van der Waals surface area contributed by atoms with E-state index in [2.05, 4.69) is 25.7 Å². The lowest BCUT2D eigenvalue weighted by atomic mass is 9.61. The molecule has 6 atom stereocenters. The molecule has 4 rings (SSSR count). The highest BCUT2D eigenvalue weighted by atomic mass is 16.6. The minimum atomic E-state index is -0.240. The second-order valence-corrected chi connectivity index (χ2v) is 8.80. The lowest BCUT2D eigenvalue weighted by Gasteiger charge is -2.43. The number of morpholine rings is 1. The summed E-state index contributed by atoms with van der Waals surface area (Å²) in [5.74, 6) is 0.0171. The minimum absolute atomic E-state index is 0.0495. The van der Waals surface area contributed by atoms with E-state index in [0.29, 0.717) is 0 Å². The molecule has 0 aromatic heterocycles. The molecule has 0 unspecified atom stereocenters. The van der Waals surface area contributed by atoms with Gasteiger partial charge in [0.15, 0.2) is 5.78 Å². The highest BCUT2D eigenvalue weighted by molar-refractivity contribution is 6.05. The Hall–Kier alpha value is -1.46. The number of rotatable bonds is 2. The van der Waals surface area contributed by atoms with Gasteiger partial charge in [-0.15, -0.1) is 0 Å². The van der Waals surface area contributed by atoms with Crippen LogP contribution < -0.4 is 0 Å². The molecule has 2 saturated heterocycles.